The van der Waals surface area contributed by atoms with E-state index in [4.69, 9.17) is 9.47 Å². The zero-order chi connectivity index (χ0) is 13.4. The highest BCUT2D eigenvalue weighted by Gasteiger charge is 2.07. The molecule has 0 aromatic carbocycles. The number of anilines is 2. The monoisotopic (exact) mass is 254 g/mol. The summed E-state index contributed by atoms with van der Waals surface area (Å²) < 4.78 is 10.3. The van der Waals surface area contributed by atoms with E-state index in [0.29, 0.717) is 13.2 Å². The van der Waals surface area contributed by atoms with Crippen LogP contribution in [0.25, 0.3) is 0 Å². The Balaban J connectivity index is 2.60. The summed E-state index contributed by atoms with van der Waals surface area (Å²) in [5.74, 6) is 2.35. The first kappa shape index (κ1) is 14.7. The van der Waals surface area contributed by atoms with Crippen LogP contribution in [0.3, 0.4) is 0 Å². The van der Waals surface area contributed by atoms with Crippen LogP contribution >= 0.6 is 0 Å². The third-order valence-corrected chi connectivity index (χ3v) is 2.39. The second-order valence-electron chi connectivity index (χ2n) is 3.91. The first-order chi connectivity index (χ1) is 8.69. The van der Waals surface area contributed by atoms with Crippen LogP contribution in [0.5, 0.6) is 0 Å². The molecule has 1 heterocycles. The van der Waals surface area contributed by atoms with Gasteiger partial charge in [-0.1, -0.05) is 0 Å². The third kappa shape index (κ3) is 4.85. The molecule has 0 aliphatic carbocycles. The van der Waals surface area contributed by atoms with Gasteiger partial charge in [-0.05, 0) is 13.8 Å². The molecule has 0 saturated heterocycles. The Labute approximate surface area is 108 Å². The van der Waals surface area contributed by atoms with Crippen LogP contribution in [-0.2, 0) is 9.47 Å². The lowest BCUT2D eigenvalue weighted by atomic mass is 10.3. The van der Waals surface area contributed by atoms with Gasteiger partial charge in [0.05, 0.1) is 12.7 Å². The lowest BCUT2D eigenvalue weighted by Gasteiger charge is -2.16. The van der Waals surface area contributed by atoms with Gasteiger partial charge in [-0.15, -0.1) is 0 Å². The molecule has 0 aliphatic rings. The predicted octanol–water partition coefficient (Wildman–Crippen LogP) is 1.29. The van der Waals surface area contributed by atoms with Crippen LogP contribution in [0.4, 0.5) is 11.6 Å². The van der Waals surface area contributed by atoms with Crippen molar-refractivity contribution in [2.75, 3.05) is 44.5 Å². The van der Waals surface area contributed by atoms with Gasteiger partial charge in [0.25, 0.3) is 0 Å². The fourth-order valence-electron chi connectivity index (χ4n) is 1.54. The molecule has 0 aliphatic heterocycles. The highest BCUT2D eigenvalue weighted by Crippen LogP contribution is 2.11. The van der Waals surface area contributed by atoms with Gasteiger partial charge in [0.2, 0.25) is 0 Å². The SMILES string of the molecule is CCNc1cc(NCC(COC)OC)nc(C)n1. The Morgan fingerprint density at radius 3 is 2.44 bits per heavy atom. The van der Waals surface area contributed by atoms with E-state index in [1.54, 1.807) is 14.2 Å². The van der Waals surface area contributed by atoms with E-state index in [2.05, 4.69) is 20.6 Å². The number of hydrogen-bond donors (Lipinski definition) is 2. The van der Waals surface area contributed by atoms with Gasteiger partial charge >= 0.3 is 0 Å². The van der Waals surface area contributed by atoms with E-state index in [9.17, 15) is 0 Å². The molecular formula is C12H22N4O2. The number of methoxy groups -OCH3 is 2. The third-order valence-electron chi connectivity index (χ3n) is 2.39. The summed E-state index contributed by atoms with van der Waals surface area (Å²) in [6, 6.07) is 1.88. The van der Waals surface area contributed by atoms with Crippen LogP contribution < -0.4 is 10.6 Å². The molecule has 1 aromatic heterocycles. The molecular weight excluding hydrogens is 232 g/mol. The molecule has 1 aromatic rings. The van der Waals surface area contributed by atoms with Crippen molar-refractivity contribution < 1.29 is 9.47 Å². The van der Waals surface area contributed by atoms with Crippen LogP contribution in [0, 0.1) is 6.92 Å². The minimum atomic E-state index is 0.00727. The number of ether oxygens (including phenoxy) is 2. The molecule has 0 saturated carbocycles. The topological polar surface area (TPSA) is 68.3 Å². The van der Waals surface area contributed by atoms with Crippen molar-refractivity contribution in [2.24, 2.45) is 0 Å². The number of aromatic nitrogens is 2. The summed E-state index contributed by atoms with van der Waals surface area (Å²) in [7, 11) is 3.32. The Morgan fingerprint density at radius 1 is 1.22 bits per heavy atom. The molecule has 0 amide bonds. The van der Waals surface area contributed by atoms with Crippen molar-refractivity contribution in [3.63, 3.8) is 0 Å². The summed E-state index contributed by atoms with van der Waals surface area (Å²) in [4.78, 5) is 8.61. The maximum absolute atomic E-state index is 5.27. The van der Waals surface area contributed by atoms with Gasteiger partial charge in [-0.25, -0.2) is 9.97 Å². The smallest absolute Gasteiger partial charge is 0.131 e. The van der Waals surface area contributed by atoms with Crippen molar-refractivity contribution in [3.05, 3.63) is 11.9 Å². The standard InChI is InChI=1S/C12H22N4O2/c1-5-13-11-6-12(16-9(2)15-11)14-7-10(18-4)8-17-3/h6,10H,5,7-8H2,1-4H3,(H2,13,14,15,16). The van der Waals surface area contributed by atoms with E-state index in [-0.39, 0.29) is 6.10 Å². The largest absolute Gasteiger partial charge is 0.382 e. The van der Waals surface area contributed by atoms with Crippen LogP contribution in [0.2, 0.25) is 0 Å². The average molecular weight is 254 g/mol. The number of nitrogens with zero attached hydrogens (tertiary/aromatic N) is 2. The zero-order valence-electron chi connectivity index (χ0n) is 11.5. The zero-order valence-corrected chi connectivity index (χ0v) is 11.5. The van der Waals surface area contributed by atoms with E-state index < -0.39 is 0 Å². The minimum absolute atomic E-state index is 0.00727. The fraction of sp³-hybridized carbons (Fsp3) is 0.667. The molecule has 0 fully saturated rings. The van der Waals surface area contributed by atoms with Gasteiger partial charge in [0.1, 0.15) is 17.5 Å². The first-order valence-electron chi connectivity index (χ1n) is 6.04. The predicted molar refractivity (Wildman–Crippen MR) is 72.1 cm³/mol. The van der Waals surface area contributed by atoms with Gasteiger partial charge in [0, 0.05) is 33.4 Å². The van der Waals surface area contributed by atoms with Crippen molar-refractivity contribution in [2.45, 2.75) is 20.0 Å². The molecule has 102 valence electrons. The van der Waals surface area contributed by atoms with E-state index >= 15 is 0 Å². The van der Waals surface area contributed by atoms with Crippen molar-refractivity contribution in [3.8, 4) is 0 Å². The summed E-state index contributed by atoms with van der Waals surface area (Å²) in [6.07, 6.45) is 0.00727. The molecule has 18 heavy (non-hydrogen) atoms. The van der Waals surface area contributed by atoms with Crippen LogP contribution in [-0.4, -0.2) is 50.0 Å². The molecule has 0 bridgehead atoms. The summed E-state index contributed by atoms with van der Waals surface area (Å²) in [6.45, 7) is 5.93. The van der Waals surface area contributed by atoms with Gasteiger partial charge < -0.3 is 20.1 Å². The van der Waals surface area contributed by atoms with E-state index in [0.717, 1.165) is 24.0 Å². The lowest BCUT2D eigenvalue weighted by Crippen LogP contribution is -2.27. The molecule has 1 unspecified atom stereocenters. The van der Waals surface area contributed by atoms with E-state index in [1.165, 1.54) is 0 Å². The second kappa shape index (κ2) is 7.84. The molecule has 1 atom stereocenters. The molecule has 0 spiro atoms. The Bertz CT molecular complexity index is 360. The summed E-state index contributed by atoms with van der Waals surface area (Å²) in [5.41, 5.74) is 0. The van der Waals surface area contributed by atoms with Gasteiger partial charge in [0.15, 0.2) is 0 Å². The van der Waals surface area contributed by atoms with Gasteiger partial charge in [-0.3, -0.25) is 0 Å². The summed E-state index contributed by atoms with van der Waals surface area (Å²) in [5, 5.41) is 6.39. The number of hydrogen-bond acceptors (Lipinski definition) is 6. The normalized spacial score (nSPS) is 12.2. The number of nitrogens with one attached hydrogen (secondary N) is 2. The maximum Gasteiger partial charge on any atom is 0.131 e. The Kier molecular flexibility index (Phi) is 6.38. The maximum atomic E-state index is 5.27. The summed E-state index contributed by atoms with van der Waals surface area (Å²) >= 11 is 0. The highest BCUT2D eigenvalue weighted by molar-refractivity contribution is 5.47. The Morgan fingerprint density at radius 2 is 1.89 bits per heavy atom. The lowest BCUT2D eigenvalue weighted by molar-refractivity contribution is 0.0365. The minimum Gasteiger partial charge on any atom is -0.382 e. The molecule has 6 nitrogen and oxygen atoms in total. The quantitative estimate of drug-likeness (QED) is 0.728. The highest BCUT2D eigenvalue weighted by atomic mass is 16.5. The number of aryl methyl sites for hydroxylation is 1. The fourth-order valence-corrected chi connectivity index (χ4v) is 1.54. The number of rotatable bonds is 8. The average Bonchev–Trinajstić information content (AvgIpc) is 2.34. The van der Waals surface area contributed by atoms with Crippen molar-refractivity contribution in [1.82, 2.24) is 9.97 Å². The van der Waals surface area contributed by atoms with Crippen molar-refractivity contribution >= 4 is 11.6 Å². The van der Waals surface area contributed by atoms with Gasteiger partial charge in [-0.2, -0.15) is 0 Å². The van der Waals surface area contributed by atoms with Crippen LogP contribution in [0.1, 0.15) is 12.7 Å². The Hall–Kier alpha value is -1.40. The molecule has 1 rings (SSSR count). The molecule has 2 N–H and O–H groups in total. The van der Waals surface area contributed by atoms with E-state index in [1.807, 2.05) is 19.9 Å². The molecule has 6 heteroatoms. The van der Waals surface area contributed by atoms with Crippen molar-refractivity contribution in [1.29, 1.82) is 0 Å². The van der Waals surface area contributed by atoms with Crippen LogP contribution in [0.15, 0.2) is 6.07 Å². The first-order valence-corrected chi connectivity index (χ1v) is 6.04. The molecule has 0 radical (unpaired) electrons. The second-order valence-corrected chi connectivity index (χ2v) is 3.91.